The van der Waals surface area contributed by atoms with Gasteiger partial charge in [-0.15, -0.1) is 0 Å². The lowest BCUT2D eigenvalue weighted by atomic mass is 10.1. The number of rotatable bonds is 5. The molecule has 7 heteroatoms. The molecule has 2 unspecified atom stereocenters. The van der Waals surface area contributed by atoms with Crippen LogP contribution in [0.3, 0.4) is 0 Å². The summed E-state index contributed by atoms with van der Waals surface area (Å²) in [6, 6.07) is 0.583. The largest absolute Gasteiger partial charge is 0.367 e. The molecule has 2 atom stereocenters. The Morgan fingerprint density at radius 3 is 2.04 bits per heavy atom. The molecule has 1 saturated carbocycles. The predicted octanol–water partition coefficient (Wildman–Crippen LogP) is 5.52. The van der Waals surface area contributed by atoms with Gasteiger partial charge < -0.3 is 15.5 Å². The SMILES string of the molecule is CC.CC.CC(C)(O)O.CSCC1CCC(Nc2nc(SC)nc(C)c2C)C1. The maximum Gasteiger partial charge on any atom is 0.189 e. The minimum absolute atomic E-state index is 0.583. The normalized spacial score (nSPS) is 18.0. The van der Waals surface area contributed by atoms with Crippen LogP contribution in [0.4, 0.5) is 5.82 Å². The number of hydrogen-bond acceptors (Lipinski definition) is 7. The first-order valence-electron chi connectivity index (χ1n) is 10.2. The van der Waals surface area contributed by atoms with Crippen molar-refractivity contribution < 1.29 is 10.2 Å². The van der Waals surface area contributed by atoms with Crippen molar-refractivity contribution in [2.45, 2.75) is 91.6 Å². The summed E-state index contributed by atoms with van der Waals surface area (Å²) in [7, 11) is 0. The molecule has 1 aromatic heterocycles. The van der Waals surface area contributed by atoms with Crippen molar-refractivity contribution in [1.82, 2.24) is 9.97 Å². The fourth-order valence-electron chi connectivity index (χ4n) is 2.62. The summed E-state index contributed by atoms with van der Waals surface area (Å²) in [5.41, 5.74) is 2.27. The van der Waals surface area contributed by atoms with Crippen LogP contribution in [-0.2, 0) is 0 Å². The molecule has 1 aliphatic carbocycles. The van der Waals surface area contributed by atoms with E-state index in [0.29, 0.717) is 6.04 Å². The van der Waals surface area contributed by atoms with E-state index in [0.717, 1.165) is 22.6 Å². The predicted molar refractivity (Wildman–Crippen MR) is 128 cm³/mol. The summed E-state index contributed by atoms with van der Waals surface area (Å²) in [5, 5.41) is 20.7. The molecule has 2 rings (SSSR count). The van der Waals surface area contributed by atoms with Gasteiger partial charge >= 0.3 is 0 Å². The van der Waals surface area contributed by atoms with E-state index in [1.807, 2.05) is 45.7 Å². The van der Waals surface area contributed by atoms with Crippen LogP contribution in [0.5, 0.6) is 0 Å². The lowest BCUT2D eigenvalue weighted by Crippen LogP contribution is -2.18. The standard InChI is InChI=1S/C14H23N3S2.C3H8O2.2C2H6/c1-9-10(2)15-14(19-4)17-13(9)16-12-6-5-11(7-12)8-18-3;1-3(2,4)5;2*1-2/h11-12H,5-8H2,1-4H3,(H,15,16,17);4-5H,1-2H3;2*1-2H3. The highest BCUT2D eigenvalue weighted by Gasteiger charge is 2.25. The number of nitrogens with one attached hydrogen (secondary N) is 1. The molecule has 1 aliphatic rings. The van der Waals surface area contributed by atoms with E-state index < -0.39 is 5.79 Å². The van der Waals surface area contributed by atoms with E-state index in [1.165, 1.54) is 44.4 Å². The Bertz CT molecular complexity index is 517. The molecule has 1 heterocycles. The van der Waals surface area contributed by atoms with Gasteiger partial charge in [0.25, 0.3) is 0 Å². The fraction of sp³-hybridized carbons (Fsp3) is 0.810. The van der Waals surface area contributed by atoms with E-state index in [4.69, 9.17) is 10.2 Å². The lowest BCUT2D eigenvalue weighted by molar-refractivity contribution is -0.127. The van der Waals surface area contributed by atoms with Crippen LogP contribution in [0.15, 0.2) is 5.16 Å². The fourth-order valence-corrected chi connectivity index (χ4v) is 3.81. The summed E-state index contributed by atoms with van der Waals surface area (Å²) < 4.78 is 0. The van der Waals surface area contributed by atoms with Crippen molar-refractivity contribution in [3.63, 3.8) is 0 Å². The summed E-state index contributed by atoms with van der Waals surface area (Å²) in [6.07, 6.45) is 8.11. The highest BCUT2D eigenvalue weighted by atomic mass is 32.2. The smallest absolute Gasteiger partial charge is 0.189 e. The van der Waals surface area contributed by atoms with Crippen molar-refractivity contribution in [3.8, 4) is 0 Å². The number of hydrogen-bond donors (Lipinski definition) is 3. The molecule has 0 aromatic carbocycles. The number of aryl methyl sites for hydroxylation is 1. The van der Waals surface area contributed by atoms with Gasteiger partial charge in [-0.05, 0) is 71.1 Å². The highest BCUT2D eigenvalue weighted by Crippen LogP contribution is 2.31. The molecule has 3 N–H and O–H groups in total. The average molecular weight is 434 g/mol. The number of anilines is 1. The van der Waals surface area contributed by atoms with Crippen molar-refractivity contribution in [2.75, 3.05) is 23.6 Å². The third-order valence-corrected chi connectivity index (χ3v) is 5.19. The van der Waals surface area contributed by atoms with Gasteiger partial charge in [0, 0.05) is 17.3 Å². The second-order valence-corrected chi connectivity index (χ2v) is 8.42. The molecule has 0 aliphatic heterocycles. The Balaban J connectivity index is 0. The maximum atomic E-state index is 8.08. The average Bonchev–Trinajstić information content (AvgIpc) is 3.08. The number of aliphatic hydroxyl groups is 2. The lowest BCUT2D eigenvalue weighted by Gasteiger charge is -2.17. The van der Waals surface area contributed by atoms with Gasteiger partial charge in [0.05, 0.1) is 0 Å². The topological polar surface area (TPSA) is 78.3 Å². The monoisotopic (exact) mass is 433 g/mol. The van der Waals surface area contributed by atoms with Crippen molar-refractivity contribution in [3.05, 3.63) is 11.3 Å². The van der Waals surface area contributed by atoms with Gasteiger partial charge in [-0.1, -0.05) is 39.5 Å². The molecule has 1 fully saturated rings. The first kappa shape index (κ1) is 29.7. The van der Waals surface area contributed by atoms with Gasteiger partial charge in [-0.2, -0.15) is 11.8 Å². The van der Waals surface area contributed by atoms with Gasteiger partial charge in [0.1, 0.15) is 5.82 Å². The molecule has 166 valence electrons. The van der Waals surface area contributed by atoms with Crippen LogP contribution in [0, 0.1) is 19.8 Å². The van der Waals surface area contributed by atoms with Gasteiger partial charge in [-0.25, -0.2) is 9.97 Å². The molecule has 0 bridgehead atoms. The second-order valence-electron chi connectivity index (χ2n) is 6.74. The van der Waals surface area contributed by atoms with Crippen LogP contribution in [0.25, 0.3) is 0 Å². The Morgan fingerprint density at radius 2 is 1.57 bits per heavy atom. The van der Waals surface area contributed by atoms with Crippen molar-refractivity contribution in [1.29, 1.82) is 0 Å². The van der Waals surface area contributed by atoms with E-state index in [9.17, 15) is 0 Å². The summed E-state index contributed by atoms with van der Waals surface area (Å²) >= 11 is 3.57. The molecular weight excluding hydrogens is 390 g/mol. The zero-order valence-electron chi connectivity index (χ0n) is 19.6. The van der Waals surface area contributed by atoms with E-state index >= 15 is 0 Å². The third-order valence-electron chi connectivity index (χ3n) is 3.84. The zero-order chi connectivity index (χ0) is 22.3. The van der Waals surface area contributed by atoms with Gasteiger partial charge in [0.15, 0.2) is 10.9 Å². The summed E-state index contributed by atoms with van der Waals surface area (Å²) in [4.78, 5) is 9.10. The molecule has 5 nitrogen and oxygen atoms in total. The minimum Gasteiger partial charge on any atom is -0.367 e. The summed E-state index contributed by atoms with van der Waals surface area (Å²) in [6.45, 7) is 14.8. The summed E-state index contributed by atoms with van der Waals surface area (Å²) in [5.74, 6) is 1.69. The molecule has 0 spiro atoms. The first-order chi connectivity index (χ1) is 13.1. The molecule has 0 amide bonds. The minimum atomic E-state index is -1.50. The highest BCUT2D eigenvalue weighted by molar-refractivity contribution is 7.98. The second kappa shape index (κ2) is 16.3. The third kappa shape index (κ3) is 13.6. The van der Waals surface area contributed by atoms with E-state index in [-0.39, 0.29) is 0 Å². The Kier molecular flexibility index (Phi) is 17.3. The van der Waals surface area contributed by atoms with Crippen LogP contribution in [0.1, 0.15) is 72.1 Å². The Labute approximate surface area is 181 Å². The number of nitrogens with zero attached hydrogens (tertiary/aromatic N) is 2. The molecule has 0 radical (unpaired) electrons. The van der Waals surface area contributed by atoms with Crippen LogP contribution >= 0.6 is 23.5 Å². The number of aromatic nitrogens is 2. The van der Waals surface area contributed by atoms with Crippen LogP contribution in [0.2, 0.25) is 0 Å². The van der Waals surface area contributed by atoms with E-state index in [2.05, 4.69) is 35.4 Å². The van der Waals surface area contributed by atoms with Crippen molar-refractivity contribution in [2.24, 2.45) is 5.92 Å². The maximum absolute atomic E-state index is 8.08. The van der Waals surface area contributed by atoms with Crippen LogP contribution < -0.4 is 5.32 Å². The van der Waals surface area contributed by atoms with Gasteiger partial charge in [0.2, 0.25) is 0 Å². The number of thioether (sulfide) groups is 2. The first-order valence-corrected chi connectivity index (χ1v) is 12.8. The molecule has 0 saturated heterocycles. The molecule has 1 aromatic rings. The Morgan fingerprint density at radius 1 is 1.04 bits per heavy atom. The zero-order valence-corrected chi connectivity index (χ0v) is 21.2. The van der Waals surface area contributed by atoms with Crippen LogP contribution in [-0.4, -0.2) is 50.3 Å². The molecular formula is C21H43N3O2S2. The van der Waals surface area contributed by atoms with Gasteiger partial charge in [-0.3, -0.25) is 0 Å². The Hall–Kier alpha value is -0.500. The van der Waals surface area contributed by atoms with E-state index in [1.54, 1.807) is 11.8 Å². The van der Waals surface area contributed by atoms with Crippen molar-refractivity contribution >= 4 is 29.3 Å². The quantitative estimate of drug-likeness (QED) is 0.320. The molecule has 28 heavy (non-hydrogen) atoms.